The predicted molar refractivity (Wildman–Crippen MR) is 66.7 cm³/mol. The molecule has 0 amide bonds. The fourth-order valence-corrected chi connectivity index (χ4v) is 1.80. The van der Waals surface area contributed by atoms with Crippen LogP contribution in [-0.4, -0.2) is 9.78 Å². The smallest absolute Gasteiger partial charge is 0.266 e. The molecule has 0 bridgehead atoms. The summed E-state index contributed by atoms with van der Waals surface area (Å²) in [6.07, 6.45) is 8.06. The minimum absolute atomic E-state index is 0.0158. The molecule has 0 N–H and O–H groups in total. The van der Waals surface area contributed by atoms with E-state index in [0.29, 0.717) is 5.92 Å². The molecular formula is C13H22N2O. The Morgan fingerprint density at radius 3 is 2.75 bits per heavy atom. The topological polar surface area (TPSA) is 34.9 Å². The Labute approximate surface area is 97.5 Å². The Kier molecular flexibility index (Phi) is 5.23. The van der Waals surface area contributed by atoms with Gasteiger partial charge in [0.1, 0.15) is 0 Å². The highest BCUT2D eigenvalue weighted by molar-refractivity contribution is 5.11. The lowest BCUT2D eigenvalue weighted by molar-refractivity contribution is 0.573. The van der Waals surface area contributed by atoms with E-state index in [4.69, 9.17) is 0 Å². The molecule has 16 heavy (non-hydrogen) atoms. The zero-order valence-electron chi connectivity index (χ0n) is 10.6. The molecule has 0 aliphatic heterocycles. The summed E-state index contributed by atoms with van der Waals surface area (Å²) in [6.45, 7) is 4.39. The van der Waals surface area contributed by atoms with Gasteiger partial charge in [0.15, 0.2) is 0 Å². The average Bonchev–Trinajstić information content (AvgIpc) is 2.28. The van der Waals surface area contributed by atoms with E-state index in [1.807, 2.05) is 6.20 Å². The van der Waals surface area contributed by atoms with Gasteiger partial charge < -0.3 is 0 Å². The lowest BCUT2D eigenvalue weighted by atomic mass is 9.96. The SMILES string of the molecule is CCCCCCC(C)c1cnn(C)c(=O)c1. The Morgan fingerprint density at radius 2 is 2.12 bits per heavy atom. The normalized spacial score (nSPS) is 12.7. The van der Waals surface area contributed by atoms with Gasteiger partial charge in [0.05, 0.1) is 6.20 Å². The molecule has 0 radical (unpaired) electrons. The molecule has 1 rings (SSSR count). The Balaban J connectivity index is 2.49. The average molecular weight is 222 g/mol. The van der Waals surface area contributed by atoms with Crippen LogP contribution >= 0.6 is 0 Å². The summed E-state index contributed by atoms with van der Waals surface area (Å²) in [6, 6.07) is 1.71. The van der Waals surface area contributed by atoms with Crippen molar-refractivity contribution in [1.82, 2.24) is 9.78 Å². The van der Waals surface area contributed by atoms with Crippen molar-refractivity contribution >= 4 is 0 Å². The first kappa shape index (κ1) is 12.9. The maximum absolute atomic E-state index is 11.4. The molecule has 3 nitrogen and oxygen atoms in total. The minimum Gasteiger partial charge on any atom is -0.268 e. The van der Waals surface area contributed by atoms with Crippen molar-refractivity contribution in [2.75, 3.05) is 0 Å². The zero-order valence-corrected chi connectivity index (χ0v) is 10.6. The van der Waals surface area contributed by atoms with E-state index < -0.39 is 0 Å². The number of rotatable bonds is 6. The fourth-order valence-electron chi connectivity index (χ4n) is 1.80. The van der Waals surface area contributed by atoms with Gasteiger partial charge in [0.25, 0.3) is 5.56 Å². The standard InChI is InChI=1S/C13H22N2O/c1-4-5-6-7-8-11(2)12-9-13(16)15(3)14-10-12/h9-11H,4-8H2,1-3H3. The van der Waals surface area contributed by atoms with E-state index in [-0.39, 0.29) is 5.56 Å². The van der Waals surface area contributed by atoms with Crippen LogP contribution in [0.1, 0.15) is 57.4 Å². The summed E-state index contributed by atoms with van der Waals surface area (Å²) in [5.74, 6) is 0.443. The number of aromatic nitrogens is 2. The van der Waals surface area contributed by atoms with Gasteiger partial charge >= 0.3 is 0 Å². The van der Waals surface area contributed by atoms with Crippen molar-refractivity contribution in [3.8, 4) is 0 Å². The lowest BCUT2D eigenvalue weighted by Gasteiger charge is -2.11. The van der Waals surface area contributed by atoms with Gasteiger partial charge in [-0.25, -0.2) is 4.68 Å². The molecule has 1 aromatic rings. The molecule has 0 saturated carbocycles. The fraction of sp³-hybridized carbons (Fsp3) is 0.692. The molecule has 0 fully saturated rings. The number of aryl methyl sites for hydroxylation is 1. The monoisotopic (exact) mass is 222 g/mol. The molecule has 1 unspecified atom stereocenters. The molecule has 0 aromatic carbocycles. The van der Waals surface area contributed by atoms with E-state index in [1.54, 1.807) is 13.1 Å². The summed E-state index contributed by atoms with van der Waals surface area (Å²) in [7, 11) is 1.68. The maximum Gasteiger partial charge on any atom is 0.266 e. The summed E-state index contributed by atoms with van der Waals surface area (Å²) in [5.41, 5.74) is 1.05. The minimum atomic E-state index is -0.0158. The third kappa shape index (κ3) is 3.80. The molecule has 0 saturated heterocycles. The molecule has 1 aromatic heterocycles. The van der Waals surface area contributed by atoms with Crippen LogP contribution in [0, 0.1) is 0 Å². The van der Waals surface area contributed by atoms with E-state index >= 15 is 0 Å². The largest absolute Gasteiger partial charge is 0.268 e. The van der Waals surface area contributed by atoms with Crippen LogP contribution in [-0.2, 0) is 7.05 Å². The van der Waals surface area contributed by atoms with E-state index in [9.17, 15) is 4.79 Å². The van der Waals surface area contributed by atoms with E-state index in [0.717, 1.165) is 12.0 Å². The molecule has 1 atom stereocenters. The number of hydrogen-bond acceptors (Lipinski definition) is 2. The van der Waals surface area contributed by atoms with Gasteiger partial charge in [-0.3, -0.25) is 4.79 Å². The second kappa shape index (κ2) is 6.46. The molecule has 0 spiro atoms. The van der Waals surface area contributed by atoms with Crippen molar-refractivity contribution in [2.45, 2.75) is 51.9 Å². The highest BCUT2D eigenvalue weighted by atomic mass is 16.1. The van der Waals surface area contributed by atoms with Crippen LogP contribution in [0.15, 0.2) is 17.1 Å². The van der Waals surface area contributed by atoms with Gasteiger partial charge in [-0.1, -0.05) is 39.5 Å². The summed E-state index contributed by atoms with van der Waals surface area (Å²) < 4.78 is 1.37. The summed E-state index contributed by atoms with van der Waals surface area (Å²) in [5, 5.41) is 4.05. The van der Waals surface area contributed by atoms with Crippen molar-refractivity contribution in [2.24, 2.45) is 7.05 Å². The van der Waals surface area contributed by atoms with Gasteiger partial charge in [-0.15, -0.1) is 0 Å². The Bertz CT molecular complexity index is 370. The van der Waals surface area contributed by atoms with Gasteiger partial charge in [-0.05, 0) is 17.9 Å². The first-order valence-electron chi connectivity index (χ1n) is 6.18. The third-order valence-electron chi connectivity index (χ3n) is 3.05. The van der Waals surface area contributed by atoms with Crippen LogP contribution in [0.25, 0.3) is 0 Å². The van der Waals surface area contributed by atoms with E-state index in [2.05, 4.69) is 18.9 Å². The van der Waals surface area contributed by atoms with Gasteiger partial charge in [0.2, 0.25) is 0 Å². The van der Waals surface area contributed by atoms with Crippen molar-refractivity contribution in [3.05, 3.63) is 28.2 Å². The van der Waals surface area contributed by atoms with Gasteiger partial charge in [-0.2, -0.15) is 5.10 Å². The molecular weight excluding hydrogens is 200 g/mol. The molecule has 1 heterocycles. The molecule has 90 valence electrons. The maximum atomic E-state index is 11.4. The summed E-state index contributed by atoms with van der Waals surface area (Å²) >= 11 is 0. The summed E-state index contributed by atoms with van der Waals surface area (Å²) in [4.78, 5) is 11.4. The Hall–Kier alpha value is -1.12. The lowest BCUT2D eigenvalue weighted by Crippen LogP contribution is -2.19. The number of nitrogens with zero attached hydrogens (tertiary/aromatic N) is 2. The van der Waals surface area contributed by atoms with Crippen molar-refractivity contribution in [3.63, 3.8) is 0 Å². The van der Waals surface area contributed by atoms with E-state index in [1.165, 1.54) is 30.4 Å². The van der Waals surface area contributed by atoms with Crippen molar-refractivity contribution < 1.29 is 0 Å². The highest BCUT2D eigenvalue weighted by Crippen LogP contribution is 2.19. The van der Waals surface area contributed by atoms with Gasteiger partial charge in [0, 0.05) is 13.1 Å². The predicted octanol–water partition coefficient (Wildman–Crippen LogP) is 2.85. The van der Waals surface area contributed by atoms with Crippen LogP contribution in [0.4, 0.5) is 0 Å². The second-order valence-corrected chi connectivity index (χ2v) is 4.50. The molecule has 0 aliphatic rings. The Morgan fingerprint density at radius 1 is 1.38 bits per heavy atom. The molecule has 3 heteroatoms. The number of hydrogen-bond donors (Lipinski definition) is 0. The number of unbranched alkanes of at least 4 members (excludes halogenated alkanes) is 3. The second-order valence-electron chi connectivity index (χ2n) is 4.50. The van der Waals surface area contributed by atoms with Crippen LogP contribution < -0.4 is 5.56 Å². The molecule has 0 aliphatic carbocycles. The highest BCUT2D eigenvalue weighted by Gasteiger charge is 2.06. The first-order chi connectivity index (χ1) is 7.65. The zero-order chi connectivity index (χ0) is 12.0. The van der Waals surface area contributed by atoms with Crippen molar-refractivity contribution in [1.29, 1.82) is 0 Å². The first-order valence-corrected chi connectivity index (χ1v) is 6.18. The quantitative estimate of drug-likeness (QED) is 0.694. The van der Waals surface area contributed by atoms with Crippen LogP contribution in [0.5, 0.6) is 0 Å². The third-order valence-corrected chi connectivity index (χ3v) is 3.05. The van der Waals surface area contributed by atoms with Crippen LogP contribution in [0.3, 0.4) is 0 Å². The van der Waals surface area contributed by atoms with Crippen LogP contribution in [0.2, 0.25) is 0 Å².